The minimum atomic E-state index is 0.679. The van der Waals surface area contributed by atoms with Crippen molar-refractivity contribution in [3.8, 4) is 12.3 Å². The van der Waals surface area contributed by atoms with Crippen LogP contribution in [0.4, 0.5) is 5.69 Å². The van der Waals surface area contributed by atoms with Crippen LogP contribution in [0.1, 0.15) is 19.4 Å². The van der Waals surface area contributed by atoms with Crippen molar-refractivity contribution in [2.75, 3.05) is 0 Å². The first-order valence-electron chi connectivity index (χ1n) is 4.42. The topological polar surface area (TPSA) is 12.4 Å². The van der Waals surface area contributed by atoms with E-state index in [4.69, 9.17) is 6.42 Å². The Labute approximate surface area is 85.2 Å². The Morgan fingerprint density at radius 3 is 2.57 bits per heavy atom. The summed E-state index contributed by atoms with van der Waals surface area (Å²) >= 11 is 0. The molecule has 1 nitrogen and oxygen atoms in total. The molecule has 0 aliphatic rings. The van der Waals surface area contributed by atoms with Crippen molar-refractivity contribution >= 4 is 17.0 Å². The highest BCUT2D eigenvalue weighted by Crippen LogP contribution is 2.24. The van der Waals surface area contributed by atoms with Crippen molar-refractivity contribution in [3.63, 3.8) is 0 Å². The molecule has 1 heteroatoms. The van der Waals surface area contributed by atoms with E-state index in [2.05, 4.69) is 17.5 Å². The Hall–Kier alpha value is -1.81. The lowest BCUT2D eigenvalue weighted by atomic mass is 10.1. The molecule has 0 saturated carbocycles. The molecule has 0 spiro atoms. The average molecular weight is 183 g/mol. The monoisotopic (exact) mass is 183 g/mol. The van der Waals surface area contributed by atoms with Crippen LogP contribution in [-0.2, 0) is 0 Å². The Kier molecular flexibility index (Phi) is 3.25. The van der Waals surface area contributed by atoms with Gasteiger partial charge in [0.15, 0.2) is 0 Å². The molecule has 0 fully saturated rings. The summed E-state index contributed by atoms with van der Waals surface area (Å²) in [5, 5.41) is 0. The third-order valence-electron chi connectivity index (χ3n) is 1.86. The van der Waals surface area contributed by atoms with Gasteiger partial charge in [0.2, 0.25) is 0 Å². The Balaban J connectivity index is 3.22. The Bertz CT molecular complexity index is 419. The second-order valence-corrected chi connectivity index (χ2v) is 3.14. The molecule has 0 radical (unpaired) electrons. The zero-order valence-electron chi connectivity index (χ0n) is 8.54. The molecule has 0 aliphatic heterocycles. The first kappa shape index (κ1) is 10.3. The highest BCUT2D eigenvalue weighted by atomic mass is 14.7. The van der Waals surface area contributed by atoms with Crippen molar-refractivity contribution in [3.05, 3.63) is 36.4 Å². The summed E-state index contributed by atoms with van der Waals surface area (Å²) in [5.41, 5.74) is 3.60. The number of terminal acetylenes is 1. The molecule has 0 unspecified atom stereocenters. The predicted octanol–water partition coefficient (Wildman–Crippen LogP) is 3.45. The van der Waals surface area contributed by atoms with Crippen molar-refractivity contribution < 1.29 is 0 Å². The van der Waals surface area contributed by atoms with Crippen molar-refractivity contribution in [1.29, 1.82) is 0 Å². The van der Waals surface area contributed by atoms with Gasteiger partial charge in [-0.2, -0.15) is 0 Å². The van der Waals surface area contributed by atoms with Crippen LogP contribution in [0, 0.1) is 12.3 Å². The SMILES string of the molecule is C#CC(C)=Nc1ccccc1C(=C)C. The summed E-state index contributed by atoms with van der Waals surface area (Å²) < 4.78 is 0. The van der Waals surface area contributed by atoms with E-state index >= 15 is 0 Å². The number of nitrogens with zero attached hydrogens (tertiary/aromatic N) is 1. The van der Waals surface area contributed by atoms with E-state index in [0.29, 0.717) is 5.71 Å². The van der Waals surface area contributed by atoms with Crippen LogP contribution in [-0.4, -0.2) is 5.71 Å². The maximum Gasteiger partial charge on any atom is 0.0872 e. The van der Waals surface area contributed by atoms with Crippen LogP contribution in [0.3, 0.4) is 0 Å². The molecule has 70 valence electrons. The van der Waals surface area contributed by atoms with Gasteiger partial charge in [-0.3, -0.25) is 0 Å². The van der Waals surface area contributed by atoms with Crippen molar-refractivity contribution in [1.82, 2.24) is 0 Å². The van der Waals surface area contributed by atoms with Crippen LogP contribution < -0.4 is 0 Å². The standard InChI is InChI=1S/C13H13N/c1-5-11(4)14-13-9-7-6-8-12(13)10(2)3/h1,6-9H,2H2,3-4H3. The Morgan fingerprint density at radius 1 is 1.36 bits per heavy atom. The summed E-state index contributed by atoms with van der Waals surface area (Å²) in [6.07, 6.45) is 5.24. The smallest absolute Gasteiger partial charge is 0.0872 e. The molecule has 14 heavy (non-hydrogen) atoms. The van der Waals surface area contributed by atoms with E-state index in [9.17, 15) is 0 Å². The summed E-state index contributed by atoms with van der Waals surface area (Å²) in [4.78, 5) is 4.32. The summed E-state index contributed by atoms with van der Waals surface area (Å²) in [5.74, 6) is 2.50. The van der Waals surface area contributed by atoms with Gasteiger partial charge in [0.1, 0.15) is 0 Å². The minimum Gasteiger partial charge on any atom is -0.244 e. The molecule has 0 bridgehead atoms. The highest BCUT2D eigenvalue weighted by Gasteiger charge is 2.00. The van der Waals surface area contributed by atoms with Gasteiger partial charge in [0.25, 0.3) is 0 Å². The Morgan fingerprint density at radius 2 is 2.00 bits per heavy atom. The second kappa shape index (κ2) is 4.43. The molecule has 0 aliphatic carbocycles. The van der Waals surface area contributed by atoms with Crippen molar-refractivity contribution in [2.24, 2.45) is 4.99 Å². The van der Waals surface area contributed by atoms with Gasteiger partial charge in [0, 0.05) is 5.56 Å². The maximum atomic E-state index is 5.24. The van der Waals surface area contributed by atoms with Gasteiger partial charge in [0.05, 0.1) is 11.4 Å². The second-order valence-electron chi connectivity index (χ2n) is 3.14. The van der Waals surface area contributed by atoms with Gasteiger partial charge in [-0.25, -0.2) is 4.99 Å². The van der Waals surface area contributed by atoms with E-state index < -0.39 is 0 Å². The predicted molar refractivity (Wildman–Crippen MR) is 62.8 cm³/mol. The number of rotatable bonds is 2. The lowest BCUT2D eigenvalue weighted by molar-refractivity contribution is 1.46. The normalized spacial score (nSPS) is 10.8. The fourth-order valence-corrected chi connectivity index (χ4v) is 1.14. The molecule has 0 saturated heterocycles. The molecule has 1 rings (SSSR count). The molecule has 0 atom stereocenters. The number of hydrogen-bond acceptors (Lipinski definition) is 1. The van der Waals surface area contributed by atoms with E-state index in [1.54, 1.807) is 0 Å². The number of allylic oxidation sites excluding steroid dienone is 1. The molecule has 0 N–H and O–H groups in total. The van der Waals surface area contributed by atoms with Gasteiger partial charge in [-0.15, -0.1) is 6.42 Å². The molecular formula is C13H13N. The van der Waals surface area contributed by atoms with E-state index in [0.717, 1.165) is 16.8 Å². The zero-order valence-corrected chi connectivity index (χ0v) is 8.54. The van der Waals surface area contributed by atoms with Crippen LogP contribution in [0.15, 0.2) is 35.8 Å². The van der Waals surface area contributed by atoms with Gasteiger partial charge < -0.3 is 0 Å². The fourth-order valence-electron chi connectivity index (χ4n) is 1.14. The fraction of sp³-hybridized carbons (Fsp3) is 0.154. The van der Waals surface area contributed by atoms with E-state index in [1.807, 2.05) is 38.1 Å². The molecular weight excluding hydrogens is 170 g/mol. The molecule has 0 aromatic heterocycles. The molecule has 0 amide bonds. The van der Waals surface area contributed by atoms with Crippen LogP contribution >= 0.6 is 0 Å². The lowest BCUT2D eigenvalue weighted by Crippen LogP contribution is -1.85. The maximum absolute atomic E-state index is 5.24. The number of aliphatic imine (C=N–C) groups is 1. The quantitative estimate of drug-likeness (QED) is 0.492. The summed E-state index contributed by atoms with van der Waals surface area (Å²) in [6.45, 7) is 7.67. The first-order valence-corrected chi connectivity index (χ1v) is 4.42. The van der Waals surface area contributed by atoms with Crippen molar-refractivity contribution in [2.45, 2.75) is 13.8 Å². The largest absolute Gasteiger partial charge is 0.244 e. The third-order valence-corrected chi connectivity index (χ3v) is 1.86. The number of hydrogen-bond donors (Lipinski definition) is 0. The van der Waals surface area contributed by atoms with Crippen LogP contribution in [0.25, 0.3) is 5.57 Å². The highest BCUT2D eigenvalue weighted by molar-refractivity contribution is 6.00. The summed E-state index contributed by atoms with van der Waals surface area (Å²) in [7, 11) is 0. The van der Waals surface area contributed by atoms with Crippen LogP contribution in [0.2, 0.25) is 0 Å². The van der Waals surface area contributed by atoms with Crippen LogP contribution in [0.5, 0.6) is 0 Å². The average Bonchev–Trinajstić information content (AvgIpc) is 2.18. The molecule has 0 heterocycles. The molecule has 1 aromatic carbocycles. The van der Waals surface area contributed by atoms with E-state index in [-0.39, 0.29) is 0 Å². The van der Waals surface area contributed by atoms with E-state index in [1.165, 1.54) is 0 Å². The third kappa shape index (κ3) is 2.34. The molecule has 1 aromatic rings. The summed E-state index contributed by atoms with van der Waals surface area (Å²) in [6, 6.07) is 7.83. The van der Waals surface area contributed by atoms with Gasteiger partial charge in [-0.05, 0) is 25.5 Å². The van der Waals surface area contributed by atoms with Gasteiger partial charge >= 0.3 is 0 Å². The minimum absolute atomic E-state index is 0.679. The first-order chi connectivity index (χ1) is 6.65. The number of benzene rings is 1. The zero-order chi connectivity index (χ0) is 10.6. The lowest BCUT2D eigenvalue weighted by Gasteiger charge is -2.03. The number of para-hydroxylation sites is 1. The van der Waals surface area contributed by atoms with Gasteiger partial charge in [-0.1, -0.05) is 30.7 Å².